The van der Waals surface area contributed by atoms with Crippen molar-refractivity contribution >= 4 is 23.8 Å². The first-order valence-corrected chi connectivity index (χ1v) is 10.1. The van der Waals surface area contributed by atoms with Crippen LogP contribution in [0, 0.1) is 5.82 Å². The first-order chi connectivity index (χ1) is 15.6. The Balaban J connectivity index is 2.15. The largest absolute Gasteiger partial charge is 0.481 e. The highest BCUT2D eigenvalue weighted by atomic mass is 35.5. The number of aliphatic hydroxyl groups is 1. The lowest BCUT2D eigenvalue weighted by molar-refractivity contribution is -0.189. The Morgan fingerprint density at radius 3 is 2.61 bits per heavy atom. The molecule has 1 N–H and O–H groups in total. The lowest BCUT2D eigenvalue weighted by atomic mass is 10.1. The van der Waals surface area contributed by atoms with Crippen LogP contribution in [0.25, 0.3) is 17.8 Å². The highest BCUT2D eigenvalue weighted by molar-refractivity contribution is 6.31. The van der Waals surface area contributed by atoms with E-state index in [1.165, 1.54) is 18.3 Å². The van der Waals surface area contributed by atoms with E-state index in [2.05, 4.69) is 10.1 Å². The lowest BCUT2D eigenvalue weighted by Gasteiger charge is -2.20. The van der Waals surface area contributed by atoms with Gasteiger partial charge in [-0.25, -0.2) is 9.18 Å². The molecule has 0 aliphatic carbocycles. The normalized spacial score (nSPS) is 13.0. The van der Waals surface area contributed by atoms with Gasteiger partial charge in [-0.05, 0) is 44.2 Å². The number of aromatic nitrogens is 4. The molecule has 0 fully saturated rings. The van der Waals surface area contributed by atoms with Crippen LogP contribution in [0.1, 0.15) is 30.9 Å². The first-order valence-electron chi connectivity index (χ1n) is 9.72. The van der Waals surface area contributed by atoms with E-state index in [1.54, 1.807) is 19.1 Å². The molecule has 0 bridgehead atoms. The fraction of sp³-hybridized carbons (Fsp3) is 0.286. The average molecular weight is 487 g/mol. The fourth-order valence-corrected chi connectivity index (χ4v) is 3.11. The minimum absolute atomic E-state index is 0.0261. The van der Waals surface area contributed by atoms with Gasteiger partial charge in [0.25, 0.3) is 0 Å². The van der Waals surface area contributed by atoms with Crippen molar-refractivity contribution in [1.29, 1.82) is 0 Å². The highest BCUT2D eigenvalue weighted by Crippen LogP contribution is 2.31. The molecule has 0 aliphatic rings. The standard InChI is InChI=1S/C21H19ClF4N4O3/c1-3-29-19(11-31)28-30(20(29)32)17-10-18(33-12(2)21(24,25)26)13(9-15(17)23)6-7-16-14(22)5-4-8-27-16/h4-10,12,31H,3,11H2,1-2H3/b7-6+/t12-/m0/s1. The van der Waals surface area contributed by atoms with Gasteiger partial charge in [-0.1, -0.05) is 11.6 Å². The molecule has 2 aromatic heterocycles. The fourth-order valence-electron chi connectivity index (χ4n) is 2.93. The summed E-state index contributed by atoms with van der Waals surface area (Å²) in [6.07, 6.45) is -2.76. The average Bonchev–Trinajstić information content (AvgIpc) is 3.09. The third kappa shape index (κ3) is 5.25. The van der Waals surface area contributed by atoms with Crippen LogP contribution < -0.4 is 10.4 Å². The Hall–Kier alpha value is -3.18. The van der Waals surface area contributed by atoms with Crippen LogP contribution in [-0.2, 0) is 13.2 Å². The van der Waals surface area contributed by atoms with Gasteiger partial charge in [0.1, 0.15) is 23.9 Å². The van der Waals surface area contributed by atoms with E-state index in [0.717, 1.165) is 23.6 Å². The zero-order valence-electron chi connectivity index (χ0n) is 17.5. The molecule has 1 aromatic carbocycles. The quantitative estimate of drug-likeness (QED) is 0.505. The zero-order valence-corrected chi connectivity index (χ0v) is 18.2. The van der Waals surface area contributed by atoms with Gasteiger partial charge in [0.05, 0.1) is 10.7 Å². The number of ether oxygens (including phenoxy) is 1. The van der Waals surface area contributed by atoms with Crippen LogP contribution in [0.4, 0.5) is 17.6 Å². The van der Waals surface area contributed by atoms with Crippen LogP contribution in [-0.4, -0.2) is 36.7 Å². The van der Waals surface area contributed by atoms with E-state index in [9.17, 15) is 27.5 Å². The summed E-state index contributed by atoms with van der Waals surface area (Å²) in [5.74, 6) is -1.31. The Morgan fingerprint density at radius 2 is 2.03 bits per heavy atom. The Morgan fingerprint density at radius 1 is 1.30 bits per heavy atom. The molecule has 176 valence electrons. The monoisotopic (exact) mass is 486 g/mol. The van der Waals surface area contributed by atoms with Crippen molar-refractivity contribution in [3.63, 3.8) is 0 Å². The van der Waals surface area contributed by atoms with Gasteiger partial charge in [-0.15, -0.1) is 5.10 Å². The van der Waals surface area contributed by atoms with Crippen molar-refractivity contribution in [3.8, 4) is 11.4 Å². The molecule has 2 heterocycles. The maximum Gasteiger partial charge on any atom is 0.425 e. The number of pyridine rings is 1. The van der Waals surface area contributed by atoms with E-state index in [-0.39, 0.29) is 28.7 Å². The van der Waals surface area contributed by atoms with Gasteiger partial charge in [0.2, 0.25) is 0 Å². The van der Waals surface area contributed by atoms with Gasteiger partial charge in [0.15, 0.2) is 11.9 Å². The van der Waals surface area contributed by atoms with Crippen molar-refractivity contribution < 1.29 is 27.4 Å². The topological polar surface area (TPSA) is 82.2 Å². The maximum atomic E-state index is 15.0. The van der Waals surface area contributed by atoms with E-state index < -0.39 is 36.1 Å². The van der Waals surface area contributed by atoms with Crippen LogP contribution in [0.15, 0.2) is 35.3 Å². The number of rotatable bonds is 7. The molecule has 0 spiro atoms. The number of alkyl halides is 3. The van der Waals surface area contributed by atoms with Crippen LogP contribution >= 0.6 is 11.6 Å². The second-order valence-electron chi connectivity index (χ2n) is 6.86. The number of hydrogen-bond donors (Lipinski definition) is 1. The molecule has 0 radical (unpaired) electrons. The van der Waals surface area contributed by atoms with Gasteiger partial charge in [-0.2, -0.15) is 17.9 Å². The van der Waals surface area contributed by atoms with E-state index in [0.29, 0.717) is 10.4 Å². The smallest absolute Gasteiger partial charge is 0.425 e. The predicted molar refractivity (Wildman–Crippen MR) is 114 cm³/mol. The van der Waals surface area contributed by atoms with Crippen LogP contribution in [0.5, 0.6) is 5.75 Å². The SMILES string of the molecule is CCn1c(CO)nn(-c2cc(O[C@@H](C)C(F)(F)F)c(/C=C/c3ncccc3Cl)cc2F)c1=O. The summed E-state index contributed by atoms with van der Waals surface area (Å²) in [5.41, 5.74) is -0.929. The summed E-state index contributed by atoms with van der Waals surface area (Å²) in [6.45, 7) is 1.99. The molecular weight excluding hydrogens is 468 g/mol. The Kier molecular flexibility index (Phi) is 7.23. The van der Waals surface area contributed by atoms with Crippen LogP contribution in [0.2, 0.25) is 5.02 Å². The second-order valence-corrected chi connectivity index (χ2v) is 7.27. The number of aliphatic hydroxyl groups excluding tert-OH is 1. The van der Waals surface area contributed by atoms with Crippen molar-refractivity contribution in [2.45, 2.75) is 39.3 Å². The maximum absolute atomic E-state index is 15.0. The highest BCUT2D eigenvalue weighted by Gasteiger charge is 2.38. The lowest BCUT2D eigenvalue weighted by Crippen LogP contribution is -2.31. The Bertz CT molecular complexity index is 1240. The van der Waals surface area contributed by atoms with E-state index in [1.807, 2.05) is 0 Å². The van der Waals surface area contributed by atoms with Crippen LogP contribution in [0.3, 0.4) is 0 Å². The molecule has 3 rings (SSSR count). The summed E-state index contributed by atoms with van der Waals surface area (Å²) in [7, 11) is 0. The minimum atomic E-state index is -4.69. The van der Waals surface area contributed by atoms with Gasteiger partial charge in [0, 0.05) is 24.4 Å². The van der Waals surface area contributed by atoms with Crippen molar-refractivity contribution in [2.24, 2.45) is 0 Å². The van der Waals surface area contributed by atoms with E-state index >= 15 is 0 Å². The van der Waals surface area contributed by atoms with Gasteiger partial charge < -0.3 is 9.84 Å². The minimum Gasteiger partial charge on any atom is -0.481 e. The van der Waals surface area contributed by atoms with Crippen molar-refractivity contribution in [1.82, 2.24) is 19.3 Å². The molecule has 0 saturated heterocycles. The molecule has 3 aromatic rings. The molecular formula is C21H19ClF4N4O3. The van der Waals surface area contributed by atoms with Gasteiger partial charge >= 0.3 is 11.9 Å². The molecule has 0 unspecified atom stereocenters. The number of benzene rings is 1. The van der Waals surface area contributed by atoms with Crippen molar-refractivity contribution in [3.05, 3.63) is 68.9 Å². The molecule has 7 nitrogen and oxygen atoms in total. The third-order valence-electron chi connectivity index (χ3n) is 4.68. The number of hydrogen-bond acceptors (Lipinski definition) is 5. The molecule has 0 amide bonds. The van der Waals surface area contributed by atoms with E-state index in [4.69, 9.17) is 16.3 Å². The predicted octanol–water partition coefficient (Wildman–Crippen LogP) is 4.23. The summed E-state index contributed by atoms with van der Waals surface area (Å²) < 4.78 is 61.3. The Labute approximate surface area is 190 Å². The number of nitrogens with zero attached hydrogens (tertiary/aromatic N) is 4. The summed E-state index contributed by atoms with van der Waals surface area (Å²) in [6, 6.07) is 5.03. The number of halogens is 5. The second kappa shape index (κ2) is 9.75. The van der Waals surface area contributed by atoms with Crippen molar-refractivity contribution in [2.75, 3.05) is 0 Å². The molecule has 0 aliphatic heterocycles. The zero-order chi connectivity index (χ0) is 24.3. The summed E-state index contributed by atoms with van der Waals surface area (Å²) in [4.78, 5) is 16.6. The molecule has 0 saturated carbocycles. The third-order valence-corrected chi connectivity index (χ3v) is 5.00. The summed E-state index contributed by atoms with van der Waals surface area (Å²) in [5, 5.41) is 13.6. The first kappa shape index (κ1) is 24.5. The molecule has 33 heavy (non-hydrogen) atoms. The summed E-state index contributed by atoms with van der Waals surface area (Å²) >= 11 is 6.04. The molecule has 12 heteroatoms. The molecule has 1 atom stereocenters. The van der Waals surface area contributed by atoms with Gasteiger partial charge in [-0.3, -0.25) is 9.55 Å².